The predicted octanol–water partition coefficient (Wildman–Crippen LogP) is 5.52. The van der Waals surface area contributed by atoms with Crippen LogP contribution >= 0.6 is 24.8 Å². The maximum atomic E-state index is 3.53. The number of benzene rings is 2. The Bertz CT molecular complexity index is 641. The van der Waals surface area contributed by atoms with Crippen molar-refractivity contribution in [2.75, 3.05) is 31.5 Å². The summed E-state index contributed by atoms with van der Waals surface area (Å²) in [7, 11) is 0. The van der Waals surface area contributed by atoms with Crippen molar-refractivity contribution in [2.45, 2.75) is 39.3 Å². The summed E-state index contributed by atoms with van der Waals surface area (Å²) in [6.45, 7) is 10.0. The Morgan fingerprint density at radius 2 is 1.54 bits per heavy atom. The molecule has 0 bridgehead atoms. The van der Waals surface area contributed by atoms with E-state index in [9.17, 15) is 0 Å². The fourth-order valence-electron chi connectivity index (χ4n) is 3.67. The van der Waals surface area contributed by atoms with Gasteiger partial charge >= 0.3 is 0 Å². The van der Waals surface area contributed by atoms with E-state index in [1.54, 1.807) is 0 Å². The summed E-state index contributed by atoms with van der Waals surface area (Å²) >= 11 is 0. The highest BCUT2D eigenvalue weighted by atomic mass is 35.5. The Morgan fingerprint density at radius 1 is 0.893 bits per heavy atom. The molecule has 1 aliphatic rings. The second kappa shape index (κ2) is 13.1. The highest BCUT2D eigenvalue weighted by Gasteiger charge is 2.22. The Kier molecular flexibility index (Phi) is 11.6. The molecule has 3 rings (SSSR count). The molecule has 0 spiro atoms. The molecule has 2 aromatic rings. The fourth-order valence-corrected chi connectivity index (χ4v) is 3.67. The van der Waals surface area contributed by atoms with Crippen molar-refractivity contribution >= 4 is 30.5 Å². The zero-order valence-corrected chi connectivity index (χ0v) is 18.7. The van der Waals surface area contributed by atoms with Gasteiger partial charge in [-0.05, 0) is 42.0 Å². The normalized spacial score (nSPS) is 15.4. The van der Waals surface area contributed by atoms with E-state index in [0.717, 1.165) is 38.6 Å². The van der Waals surface area contributed by atoms with Crippen LogP contribution in [0.2, 0.25) is 0 Å². The third kappa shape index (κ3) is 7.63. The lowest BCUT2D eigenvalue weighted by Gasteiger charge is -2.35. The van der Waals surface area contributed by atoms with Crippen molar-refractivity contribution in [3.8, 4) is 0 Å². The first-order valence-corrected chi connectivity index (χ1v) is 10.0. The Balaban J connectivity index is 0.00000196. The van der Waals surface area contributed by atoms with Crippen molar-refractivity contribution in [2.24, 2.45) is 5.92 Å². The van der Waals surface area contributed by atoms with Gasteiger partial charge < -0.3 is 10.6 Å². The molecule has 1 heterocycles. The molecule has 1 aliphatic heterocycles. The number of nitrogens with one attached hydrogen (secondary N) is 2. The maximum absolute atomic E-state index is 3.53. The number of rotatable bonds is 8. The summed E-state index contributed by atoms with van der Waals surface area (Å²) < 4.78 is 0. The van der Waals surface area contributed by atoms with Crippen LogP contribution in [0.1, 0.15) is 43.9 Å². The Hall–Kier alpha value is -1.26. The van der Waals surface area contributed by atoms with Gasteiger partial charge in [-0.3, -0.25) is 4.90 Å². The van der Waals surface area contributed by atoms with E-state index in [-0.39, 0.29) is 24.8 Å². The quantitative estimate of drug-likeness (QED) is 0.584. The molecule has 0 aliphatic carbocycles. The number of hydrogen-bond donors (Lipinski definition) is 2. The smallest absolute Gasteiger partial charge is 0.0400 e. The van der Waals surface area contributed by atoms with E-state index in [4.69, 9.17) is 0 Å². The van der Waals surface area contributed by atoms with Crippen LogP contribution in [0.25, 0.3) is 0 Å². The van der Waals surface area contributed by atoms with Gasteiger partial charge in [-0.25, -0.2) is 0 Å². The number of hydrogen-bond acceptors (Lipinski definition) is 3. The van der Waals surface area contributed by atoms with Crippen LogP contribution < -0.4 is 10.6 Å². The average molecular weight is 424 g/mol. The van der Waals surface area contributed by atoms with Crippen LogP contribution in [-0.2, 0) is 6.54 Å². The lowest BCUT2D eigenvalue weighted by atomic mass is 9.95. The Labute approximate surface area is 183 Å². The molecule has 1 fully saturated rings. The minimum atomic E-state index is 0. The van der Waals surface area contributed by atoms with Crippen molar-refractivity contribution in [3.63, 3.8) is 0 Å². The number of halogens is 2. The number of anilines is 1. The third-order valence-corrected chi connectivity index (χ3v) is 5.24. The molecule has 28 heavy (non-hydrogen) atoms. The molecule has 0 amide bonds. The van der Waals surface area contributed by atoms with Gasteiger partial charge in [0.15, 0.2) is 0 Å². The average Bonchev–Trinajstić information content (AvgIpc) is 2.69. The molecular weight excluding hydrogens is 389 g/mol. The van der Waals surface area contributed by atoms with Crippen molar-refractivity contribution in [1.29, 1.82) is 0 Å². The molecule has 0 unspecified atom stereocenters. The minimum absolute atomic E-state index is 0. The molecule has 1 atom stereocenters. The lowest BCUT2D eigenvalue weighted by Crippen LogP contribution is -2.45. The molecule has 2 N–H and O–H groups in total. The van der Waals surface area contributed by atoms with Gasteiger partial charge in [-0.2, -0.15) is 0 Å². The minimum Gasteiger partial charge on any atom is -0.381 e. The fraction of sp³-hybridized carbons (Fsp3) is 0.478. The molecular formula is C23H35Cl2N3. The summed E-state index contributed by atoms with van der Waals surface area (Å²) in [6, 6.07) is 20.2. The van der Waals surface area contributed by atoms with Crippen LogP contribution in [0.15, 0.2) is 54.6 Å². The summed E-state index contributed by atoms with van der Waals surface area (Å²) in [5, 5.41) is 7.01. The van der Waals surface area contributed by atoms with Crippen LogP contribution in [0, 0.1) is 5.92 Å². The molecule has 0 radical (unpaired) electrons. The monoisotopic (exact) mass is 423 g/mol. The molecule has 1 saturated heterocycles. The highest BCUT2D eigenvalue weighted by Crippen LogP contribution is 2.28. The second-order valence-electron chi connectivity index (χ2n) is 7.73. The standard InChI is InChI=1S/C23H33N3.2ClH/c1-19(2)8-13-23(26-16-14-24-15-17-26)21-9-11-22(12-10-21)25-18-20-6-4-3-5-7-20;;/h3-7,9-12,19,23-25H,8,13-18H2,1-2H3;2*1H/t23-;;/m0../s1. The van der Waals surface area contributed by atoms with Crippen molar-refractivity contribution in [1.82, 2.24) is 10.2 Å². The third-order valence-electron chi connectivity index (χ3n) is 5.24. The summed E-state index contributed by atoms with van der Waals surface area (Å²) in [6.07, 6.45) is 2.52. The van der Waals surface area contributed by atoms with Crippen LogP contribution in [0.4, 0.5) is 5.69 Å². The predicted molar refractivity (Wildman–Crippen MR) is 126 cm³/mol. The first-order chi connectivity index (χ1) is 12.7. The number of piperazine rings is 1. The van der Waals surface area contributed by atoms with Gasteiger partial charge in [0.2, 0.25) is 0 Å². The van der Waals surface area contributed by atoms with E-state index in [1.807, 2.05) is 0 Å². The van der Waals surface area contributed by atoms with Gasteiger partial charge in [-0.1, -0.05) is 56.3 Å². The van der Waals surface area contributed by atoms with Gasteiger partial charge in [0, 0.05) is 44.5 Å². The van der Waals surface area contributed by atoms with Crippen LogP contribution in [0.5, 0.6) is 0 Å². The van der Waals surface area contributed by atoms with Gasteiger partial charge in [-0.15, -0.1) is 24.8 Å². The van der Waals surface area contributed by atoms with E-state index in [1.165, 1.54) is 29.7 Å². The molecule has 156 valence electrons. The largest absolute Gasteiger partial charge is 0.381 e. The van der Waals surface area contributed by atoms with Gasteiger partial charge in [0.1, 0.15) is 0 Å². The van der Waals surface area contributed by atoms with Crippen LogP contribution in [0.3, 0.4) is 0 Å². The van der Waals surface area contributed by atoms with Crippen LogP contribution in [-0.4, -0.2) is 31.1 Å². The first kappa shape index (κ1) is 24.8. The van der Waals surface area contributed by atoms with Crippen molar-refractivity contribution < 1.29 is 0 Å². The van der Waals surface area contributed by atoms with E-state index in [2.05, 4.69) is 84.0 Å². The second-order valence-corrected chi connectivity index (χ2v) is 7.73. The molecule has 2 aromatic carbocycles. The van der Waals surface area contributed by atoms with Gasteiger partial charge in [0.25, 0.3) is 0 Å². The van der Waals surface area contributed by atoms with E-state index in [0.29, 0.717) is 6.04 Å². The van der Waals surface area contributed by atoms with Crippen molar-refractivity contribution in [3.05, 3.63) is 65.7 Å². The molecule has 0 aromatic heterocycles. The van der Waals surface area contributed by atoms with Gasteiger partial charge in [0.05, 0.1) is 0 Å². The summed E-state index contributed by atoms with van der Waals surface area (Å²) in [5.74, 6) is 0.757. The SMILES string of the molecule is CC(C)CC[C@@H](c1ccc(NCc2ccccc2)cc1)N1CCNCC1.Cl.Cl. The zero-order valence-electron chi connectivity index (χ0n) is 17.1. The van der Waals surface area contributed by atoms with E-state index >= 15 is 0 Å². The molecule has 0 saturated carbocycles. The summed E-state index contributed by atoms with van der Waals surface area (Å²) in [5.41, 5.74) is 3.96. The topological polar surface area (TPSA) is 27.3 Å². The molecule has 5 heteroatoms. The maximum Gasteiger partial charge on any atom is 0.0400 e. The highest BCUT2D eigenvalue weighted by molar-refractivity contribution is 5.85. The Morgan fingerprint density at radius 3 is 2.14 bits per heavy atom. The first-order valence-electron chi connectivity index (χ1n) is 10.0. The lowest BCUT2D eigenvalue weighted by molar-refractivity contribution is 0.160. The van der Waals surface area contributed by atoms with E-state index < -0.39 is 0 Å². The molecule has 3 nitrogen and oxygen atoms in total. The summed E-state index contributed by atoms with van der Waals surface area (Å²) in [4.78, 5) is 2.66. The zero-order chi connectivity index (χ0) is 18.2. The number of nitrogens with zero attached hydrogens (tertiary/aromatic N) is 1.